The molecule has 2 heterocycles. The summed E-state index contributed by atoms with van der Waals surface area (Å²) in [6.07, 6.45) is 3.91. The van der Waals surface area contributed by atoms with Crippen molar-refractivity contribution < 1.29 is 19.4 Å². The molecule has 0 radical (unpaired) electrons. The normalized spacial score (nSPS) is 11.9. The lowest BCUT2D eigenvalue weighted by Crippen LogP contribution is -2.12. The summed E-state index contributed by atoms with van der Waals surface area (Å²) in [6.45, 7) is 5.03. The fraction of sp³-hybridized carbons (Fsp3) is 0.407. The van der Waals surface area contributed by atoms with E-state index >= 15 is 0 Å². The number of pyridine rings is 1. The highest BCUT2D eigenvalue weighted by atomic mass is 16.5. The number of carbonyl (C=O) groups is 2. The molecule has 3 aromatic rings. The van der Waals surface area contributed by atoms with E-state index < -0.39 is 5.97 Å². The Kier molecular flexibility index (Phi) is 8.55. The van der Waals surface area contributed by atoms with E-state index in [-0.39, 0.29) is 24.5 Å². The summed E-state index contributed by atoms with van der Waals surface area (Å²) in [5.74, 6) is -1.31. The molecule has 3 rings (SSSR count). The van der Waals surface area contributed by atoms with Crippen molar-refractivity contribution in [1.82, 2.24) is 9.55 Å². The summed E-state index contributed by atoms with van der Waals surface area (Å²) >= 11 is 0. The smallest absolute Gasteiger partial charge is 0.303 e. The van der Waals surface area contributed by atoms with E-state index in [1.54, 1.807) is 13.0 Å². The quantitative estimate of drug-likeness (QED) is 0.301. The molecule has 1 N–H and O–H groups in total. The number of rotatable bonds is 12. The van der Waals surface area contributed by atoms with E-state index in [1.807, 2.05) is 23.7 Å². The summed E-state index contributed by atoms with van der Waals surface area (Å²) in [6, 6.07) is 11.9. The van der Waals surface area contributed by atoms with E-state index in [1.165, 1.54) is 17.3 Å². The highest BCUT2D eigenvalue weighted by molar-refractivity contribution is 6.09. The standard InChI is InChI=1S/C27H31N3O4/c1-18(13-25(32)33)12-24(31)26-22-14-20(15-28)16-29-27(22)30(3)23(26)10-6-7-11-34-17-21-9-5-4-8-19(21)2/h4-5,8-9,14,16,18H,6-7,10-13,17H2,1-3H3,(H,32,33). The number of nitrogens with zero attached hydrogens (tertiary/aromatic N) is 3. The maximum Gasteiger partial charge on any atom is 0.303 e. The van der Waals surface area contributed by atoms with Gasteiger partial charge in [-0.25, -0.2) is 4.98 Å². The van der Waals surface area contributed by atoms with Crippen molar-refractivity contribution in [2.75, 3.05) is 6.61 Å². The number of ether oxygens (including phenoxy) is 1. The molecule has 0 amide bonds. The molecule has 1 aromatic carbocycles. The molecule has 0 bridgehead atoms. The number of nitriles is 1. The summed E-state index contributed by atoms with van der Waals surface area (Å²) in [4.78, 5) is 28.7. The topological polar surface area (TPSA) is 105 Å². The highest BCUT2D eigenvalue weighted by Crippen LogP contribution is 2.29. The van der Waals surface area contributed by atoms with E-state index in [9.17, 15) is 14.9 Å². The molecule has 7 heteroatoms. The first-order valence-electron chi connectivity index (χ1n) is 11.6. The number of benzene rings is 1. The van der Waals surface area contributed by atoms with Gasteiger partial charge in [0.15, 0.2) is 5.78 Å². The van der Waals surface area contributed by atoms with Gasteiger partial charge in [-0.3, -0.25) is 9.59 Å². The molecular weight excluding hydrogens is 430 g/mol. The van der Waals surface area contributed by atoms with Crippen molar-refractivity contribution in [2.45, 2.75) is 52.6 Å². The van der Waals surface area contributed by atoms with Crippen LogP contribution in [0.2, 0.25) is 0 Å². The van der Waals surface area contributed by atoms with Crippen molar-refractivity contribution in [2.24, 2.45) is 13.0 Å². The van der Waals surface area contributed by atoms with Crippen LogP contribution in [0.15, 0.2) is 36.5 Å². The number of ketones is 1. The van der Waals surface area contributed by atoms with Gasteiger partial charge in [0.2, 0.25) is 0 Å². The SMILES string of the molecule is Cc1ccccc1COCCCCc1c(C(=O)CC(C)CC(=O)O)c2cc(C#N)cnc2n1C. The van der Waals surface area contributed by atoms with Gasteiger partial charge in [0.1, 0.15) is 11.7 Å². The van der Waals surface area contributed by atoms with Crippen molar-refractivity contribution in [1.29, 1.82) is 5.26 Å². The van der Waals surface area contributed by atoms with Crippen LogP contribution >= 0.6 is 0 Å². The lowest BCUT2D eigenvalue weighted by Gasteiger charge is -2.11. The molecule has 0 saturated heterocycles. The van der Waals surface area contributed by atoms with Crippen LogP contribution in [0.1, 0.15) is 65.3 Å². The van der Waals surface area contributed by atoms with E-state index in [2.05, 4.69) is 30.1 Å². The Morgan fingerprint density at radius 1 is 1.24 bits per heavy atom. The number of unbranched alkanes of at least 4 members (excludes halogenated alkanes) is 1. The summed E-state index contributed by atoms with van der Waals surface area (Å²) < 4.78 is 7.76. The minimum absolute atomic E-state index is 0.0637. The molecule has 0 aliphatic heterocycles. The Morgan fingerprint density at radius 3 is 2.71 bits per heavy atom. The van der Waals surface area contributed by atoms with Crippen LogP contribution in [-0.4, -0.2) is 33.0 Å². The summed E-state index contributed by atoms with van der Waals surface area (Å²) in [7, 11) is 1.88. The van der Waals surface area contributed by atoms with E-state index in [4.69, 9.17) is 9.84 Å². The van der Waals surface area contributed by atoms with Crippen LogP contribution in [0, 0.1) is 24.2 Å². The van der Waals surface area contributed by atoms with Crippen molar-refractivity contribution >= 4 is 22.8 Å². The number of carbonyl (C=O) groups excluding carboxylic acids is 1. The van der Waals surface area contributed by atoms with Gasteiger partial charge < -0.3 is 14.4 Å². The molecule has 0 spiro atoms. The predicted molar refractivity (Wildman–Crippen MR) is 130 cm³/mol. The van der Waals surface area contributed by atoms with E-state index in [0.717, 1.165) is 18.5 Å². The van der Waals surface area contributed by atoms with Gasteiger partial charge in [0, 0.05) is 49.3 Å². The minimum atomic E-state index is -0.919. The van der Waals surface area contributed by atoms with Gasteiger partial charge in [0.25, 0.3) is 0 Å². The molecular formula is C27H31N3O4. The maximum atomic E-state index is 13.3. The average Bonchev–Trinajstić information content (AvgIpc) is 3.07. The number of hydrogen-bond acceptors (Lipinski definition) is 5. The second-order valence-electron chi connectivity index (χ2n) is 8.85. The largest absolute Gasteiger partial charge is 0.481 e. The molecule has 1 atom stereocenters. The summed E-state index contributed by atoms with van der Waals surface area (Å²) in [5, 5.41) is 19.0. The molecule has 178 valence electrons. The van der Waals surface area contributed by atoms with Crippen molar-refractivity contribution in [3.05, 3.63) is 64.5 Å². The zero-order valence-electron chi connectivity index (χ0n) is 20.0. The molecule has 0 saturated carbocycles. The van der Waals surface area contributed by atoms with Crippen LogP contribution in [0.25, 0.3) is 11.0 Å². The van der Waals surface area contributed by atoms with Crippen molar-refractivity contribution in [3.63, 3.8) is 0 Å². The zero-order valence-corrected chi connectivity index (χ0v) is 20.0. The first-order chi connectivity index (χ1) is 16.3. The molecule has 2 aromatic heterocycles. The number of fused-ring (bicyclic) bond motifs is 1. The maximum absolute atomic E-state index is 13.3. The summed E-state index contributed by atoms with van der Waals surface area (Å²) in [5.41, 5.74) is 4.85. The monoisotopic (exact) mass is 461 g/mol. The molecule has 0 fully saturated rings. The number of carboxylic acids is 1. The van der Waals surface area contributed by atoms with Gasteiger partial charge in [-0.1, -0.05) is 31.2 Å². The Labute approximate surface area is 200 Å². The first kappa shape index (κ1) is 25.1. The molecule has 7 nitrogen and oxygen atoms in total. The number of hydrogen-bond donors (Lipinski definition) is 1. The number of aryl methyl sites for hydroxylation is 2. The Balaban J connectivity index is 1.72. The number of carboxylic acid groups (broad SMARTS) is 1. The molecule has 0 aliphatic rings. The lowest BCUT2D eigenvalue weighted by atomic mass is 9.94. The third-order valence-electron chi connectivity index (χ3n) is 6.08. The Morgan fingerprint density at radius 2 is 2.00 bits per heavy atom. The highest BCUT2D eigenvalue weighted by Gasteiger charge is 2.24. The van der Waals surface area contributed by atoms with Crippen LogP contribution in [0.4, 0.5) is 0 Å². The van der Waals surface area contributed by atoms with Crippen LogP contribution in [0.3, 0.4) is 0 Å². The fourth-order valence-corrected chi connectivity index (χ4v) is 4.26. The number of Topliss-reactive ketones (excluding diaryl/α,β-unsaturated/α-hetero) is 1. The average molecular weight is 462 g/mol. The minimum Gasteiger partial charge on any atom is -0.481 e. The third kappa shape index (κ3) is 6.09. The van der Waals surface area contributed by atoms with Crippen LogP contribution in [-0.2, 0) is 29.6 Å². The van der Waals surface area contributed by atoms with Gasteiger partial charge in [0.05, 0.1) is 12.2 Å². The predicted octanol–water partition coefficient (Wildman–Crippen LogP) is 4.98. The van der Waals surface area contributed by atoms with Crippen LogP contribution < -0.4 is 0 Å². The second kappa shape index (κ2) is 11.6. The van der Waals surface area contributed by atoms with Crippen LogP contribution in [0.5, 0.6) is 0 Å². The Bertz CT molecular complexity index is 1220. The fourth-order valence-electron chi connectivity index (χ4n) is 4.26. The van der Waals surface area contributed by atoms with E-state index in [0.29, 0.717) is 41.8 Å². The molecule has 34 heavy (non-hydrogen) atoms. The zero-order chi connectivity index (χ0) is 24.7. The number of aliphatic carboxylic acids is 1. The Hall–Kier alpha value is -3.50. The van der Waals surface area contributed by atoms with Gasteiger partial charge in [-0.15, -0.1) is 0 Å². The van der Waals surface area contributed by atoms with Gasteiger partial charge >= 0.3 is 5.97 Å². The third-order valence-corrected chi connectivity index (χ3v) is 6.08. The van der Waals surface area contributed by atoms with Crippen molar-refractivity contribution in [3.8, 4) is 6.07 Å². The first-order valence-corrected chi connectivity index (χ1v) is 11.6. The lowest BCUT2D eigenvalue weighted by molar-refractivity contribution is -0.137. The van der Waals surface area contributed by atoms with Gasteiger partial charge in [-0.2, -0.15) is 5.26 Å². The molecule has 0 aliphatic carbocycles. The number of aromatic nitrogens is 2. The molecule has 1 unspecified atom stereocenters. The van der Waals surface area contributed by atoms with Gasteiger partial charge in [-0.05, 0) is 49.3 Å². The second-order valence-corrected chi connectivity index (χ2v) is 8.85.